The number of aryl methyl sites for hydroxylation is 1. The van der Waals surface area contributed by atoms with E-state index >= 15 is 0 Å². The third-order valence-electron chi connectivity index (χ3n) is 4.50. The number of hydrogen-bond acceptors (Lipinski definition) is 3. The first-order valence-electron chi connectivity index (χ1n) is 8.07. The molecule has 1 heterocycles. The fourth-order valence-electron chi connectivity index (χ4n) is 3.16. The van der Waals surface area contributed by atoms with Crippen molar-refractivity contribution in [2.75, 3.05) is 13.2 Å². The summed E-state index contributed by atoms with van der Waals surface area (Å²) in [5, 5.41) is 0. The van der Waals surface area contributed by atoms with Crippen LogP contribution >= 0.6 is 0 Å². The number of nitrogens with one attached hydrogen (secondary N) is 1. The standard InChI is InChI=1S/C18H18F3NO3S/c1-12-2-5-17(16(21)10-12)26(23,24)22-18(6-8-25-9-7-18)14-4-3-13(19)11-15(14)20/h2-5,10-11,22H,6-9H2,1H3. The zero-order chi connectivity index (χ0) is 18.9. The highest BCUT2D eigenvalue weighted by Gasteiger charge is 2.41. The summed E-state index contributed by atoms with van der Waals surface area (Å²) in [6.45, 7) is 2.02. The molecule has 0 atom stereocenters. The third-order valence-corrected chi connectivity index (χ3v) is 6.07. The Morgan fingerprint density at radius 2 is 1.69 bits per heavy atom. The number of ether oxygens (including phenoxy) is 1. The van der Waals surface area contributed by atoms with Gasteiger partial charge >= 0.3 is 0 Å². The Balaban J connectivity index is 2.06. The van der Waals surface area contributed by atoms with Gasteiger partial charge in [-0.1, -0.05) is 12.1 Å². The van der Waals surface area contributed by atoms with E-state index in [1.165, 1.54) is 18.2 Å². The van der Waals surface area contributed by atoms with Crippen LogP contribution in [-0.4, -0.2) is 21.6 Å². The van der Waals surface area contributed by atoms with E-state index in [1.54, 1.807) is 6.92 Å². The first-order chi connectivity index (χ1) is 12.2. The lowest BCUT2D eigenvalue weighted by Gasteiger charge is -2.38. The monoisotopic (exact) mass is 385 g/mol. The summed E-state index contributed by atoms with van der Waals surface area (Å²) in [7, 11) is -4.28. The lowest BCUT2D eigenvalue weighted by molar-refractivity contribution is 0.0446. The van der Waals surface area contributed by atoms with Crippen LogP contribution in [-0.2, 0) is 20.3 Å². The molecule has 0 spiro atoms. The van der Waals surface area contributed by atoms with Gasteiger partial charge in [-0.2, -0.15) is 0 Å². The van der Waals surface area contributed by atoms with Crippen LogP contribution in [0.25, 0.3) is 0 Å². The van der Waals surface area contributed by atoms with Gasteiger partial charge in [0.2, 0.25) is 10.0 Å². The predicted molar refractivity (Wildman–Crippen MR) is 89.5 cm³/mol. The van der Waals surface area contributed by atoms with Crippen molar-refractivity contribution in [2.24, 2.45) is 0 Å². The van der Waals surface area contributed by atoms with E-state index in [9.17, 15) is 21.6 Å². The molecule has 26 heavy (non-hydrogen) atoms. The van der Waals surface area contributed by atoms with Gasteiger partial charge in [0.15, 0.2) is 0 Å². The van der Waals surface area contributed by atoms with Crippen LogP contribution in [0.4, 0.5) is 13.2 Å². The molecule has 0 unspecified atom stereocenters. The Morgan fingerprint density at radius 1 is 1.00 bits per heavy atom. The molecule has 0 radical (unpaired) electrons. The van der Waals surface area contributed by atoms with Crippen molar-refractivity contribution in [2.45, 2.75) is 30.2 Å². The molecule has 1 aliphatic heterocycles. The summed E-state index contributed by atoms with van der Waals surface area (Å²) < 4.78 is 75.2. The number of sulfonamides is 1. The Bertz CT molecular complexity index is 925. The molecule has 0 amide bonds. The average molecular weight is 385 g/mol. The van der Waals surface area contributed by atoms with Gasteiger partial charge in [-0.05, 0) is 43.5 Å². The van der Waals surface area contributed by atoms with E-state index in [1.807, 2.05) is 0 Å². The number of rotatable bonds is 4. The lowest BCUT2D eigenvalue weighted by Crippen LogP contribution is -2.50. The van der Waals surface area contributed by atoms with Crippen LogP contribution in [0.1, 0.15) is 24.0 Å². The van der Waals surface area contributed by atoms with Crippen molar-refractivity contribution in [3.8, 4) is 0 Å². The Morgan fingerprint density at radius 3 is 2.31 bits per heavy atom. The molecule has 140 valence electrons. The minimum atomic E-state index is -4.28. The quantitative estimate of drug-likeness (QED) is 0.878. The van der Waals surface area contributed by atoms with Crippen LogP contribution in [0.5, 0.6) is 0 Å². The first kappa shape index (κ1) is 18.9. The van der Waals surface area contributed by atoms with Crippen molar-refractivity contribution < 1.29 is 26.3 Å². The Kier molecular flexibility index (Phi) is 5.09. The fraction of sp³-hybridized carbons (Fsp3) is 0.333. The fourth-order valence-corrected chi connectivity index (χ4v) is 4.66. The number of halogens is 3. The summed E-state index contributed by atoms with van der Waals surface area (Å²) in [6, 6.07) is 6.74. The van der Waals surface area contributed by atoms with Crippen LogP contribution in [0, 0.1) is 24.4 Å². The molecule has 2 aromatic rings. The summed E-state index contributed by atoms with van der Waals surface area (Å²) >= 11 is 0. The molecule has 3 rings (SSSR count). The van der Waals surface area contributed by atoms with E-state index in [2.05, 4.69) is 4.72 Å². The van der Waals surface area contributed by atoms with Crippen molar-refractivity contribution in [1.82, 2.24) is 4.72 Å². The molecule has 0 bridgehead atoms. The van der Waals surface area contributed by atoms with Gasteiger partial charge in [0.25, 0.3) is 0 Å². The van der Waals surface area contributed by atoms with Gasteiger partial charge in [-0.25, -0.2) is 26.3 Å². The summed E-state index contributed by atoms with van der Waals surface area (Å²) in [4.78, 5) is -0.517. The van der Waals surface area contributed by atoms with Crippen LogP contribution in [0.15, 0.2) is 41.3 Å². The molecule has 1 aliphatic rings. The lowest BCUT2D eigenvalue weighted by atomic mass is 9.83. The largest absolute Gasteiger partial charge is 0.381 e. The molecule has 1 N–H and O–H groups in total. The maximum atomic E-state index is 14.4. The van der Waals surface area contributed by atoms with Crippen molar-refractivity contribution in [3.05, 3.63) is 65.0 Å². The highest BCUT2D eigenvalue weighted by molar-refractivity contribution is 7.89. The zero-order valence-corrected chi connectivity index (χ0v) is 14.9. The van der Waals surface area contributed by atoms with Crippen LogP contribution in [0.2, 0.25) is 0 Å². The molecular weight excluding hydrogens is 367 g/mol. The number of hydrogen-bond donors (Lipinski definition) is 1. The molecule has 0 aliphatic carbocycles. The molecule has 4 nitrogen and oxygen atoms in total. The zero-order valence-electron chi connectivity index (χ0n) is 14.1. The van der Waals surface area contributed by atoms with Gasteiger partial charge in [0.05, 0.1) is 5.54 Å². The highest BCUT2D eigenvalue weighted by Crippen LogP contribution is 2.36. The molecule has 2 aromatic carbocycles. The minimum absolute atomic E-state index is 0.0123. The average Bonchev–Trinajstić information content (AvgIpc) is 2.54. The Hall–Kier alpha value is -1.90. The molecule has 8 heteroatoms. The Labute approximate surface area is 150 Å². The summed E-state index contributed by atoms with van der Waals surface area (Å²) in [5.74, 6) is -2.51. The highest BCUT2D eigenvalue weighted by atomic mass is 32.2. The predicted octanol–water partition coefficient (Wildman–Crippen LogP) is 3.40. The van der Waals surface area contributed by atoms with Gasteiger partial charge in [-0.15, -0.1) is 0 Å². The summed E-state index contributed by atoms with van der Waals surface area (Å²) in [6.07, 6.45) is 0.282. The van der Waals surface area contributed by atoms with Crippen molar-refractivity contribution in [1.29, 1.82) is 0 Å². The van der Waals surface area contributed by atoms with Gasteiger partial charge in [-0.3, -0.25) is 0 Å². The van der Waals surface area contributed by atoms with Crippen molar-refractivity contribution >= 4 is 10.0 Å². The number of benzene rings is 2. The van der Waals surface area contributed by atoms with Gasteiger partial charge < -0.3 is 4.74 Å². The van der Waals surface area contributed by atoms with Crippen LogP contribution < -0.4 is 4.72 Å². The molecule has 0 aromatic heterocycles. The maximum absolute atomic E-state index is 14.4. The first-order valence-corrected chi connectivity index (χ1v) is 9.55. The molecular formula is C18H18F3NO3S. The SMILES string of the molecule is Cc1ccc(S(=O)(=O)NC2(c3ccc(F)cc3F)CCOCC2)c(F)c1. The second-order valence-corrected chi connectivity index (χ2v) is 8.01. The molecule has 0 saturated carbocycles. The second kappa shape index (κ2) is 7.02. The van der Waals surface area contributed by atoms with E-state index in [4.69, 9.17) is 4.74 Å². The molecule has 1 saturated heterocycles. The van der Waals surface area contributed by atoms with E-state index < -0.39 is 37.9 Å². The normalized spacial score (nSPS) is 17.2. The third kappa shape index (κ3) is 3.62. The maximum Gasteiger partial charge on any atom is 0.244 e. The van der Waals surface area contributed by atoms with E-state index in [0.29, 0.717) is 11.6 Å². The minimum Gasteiger partial charge on any atom is -0.381 e. The van der Waals surface area contributed by atoms with Crippen LogP contribution in [0.3, 0.4) is 0 Å². The summed E-state index contributed by atoms with van der Waals surface area (Å²) in [5.41, 5.74) is -0.753. The van der Waals surface area contributed by atoms with Gasteiger partial charge in [0.1, 0.15) is 22.3 Å². The van der Waals surface area contributed by atoms with Crippen molar-refractivity contribution in [3.63, 3.8) is 0 Å². The molecule has 1 fully saturated rings. The van der Waals surface area contributed by atoms with Gasteiger partial charge in [0, 0.05) is 24.8 Å². The second-order valence-electron chi connectivity index (χ2n) is 6.36. The topological polar surface area (TPSA) is 55.4 Å². The smallest absolute Gasteiger partial charge is 0.244 e. The van der Waals surface area contributed by atoms with E-state index in [-0.39, 0.29) is 31.6 Å². The van der Waals surface area contributed by atoms with E-state index in [0.717, 1.165) is 12.1 Å².